The molecule has 0 spiro atoms. The van der Waals surface area contributed by atoms with Crippen molar-refractivity contribution < 1.29 is 5.11 Å². The van der Waals surface area contributed by atoms with Crippen LogP contribution in [0.4, 0.5) is 0 Å². The molecular formula is C32H39ClN2O. The summed E-state index contributed by atoms with van der Waals surface area (Å²) in [5.41, 5.74) is 6.81. The minimum atomic E-state index is -0.349. The van der Waals surface area contributed by atoms with Gasteiger partial charge in [-0.2, -0.15) is 0 Å². The van der Waals surface area contributed by atoms with Crippen LogP contribution in [0.2, 0.25) is 5.02 Å². The van der Waals surface area contributed by atoms with Gasteiger partial charge in [0.25, 0.3) is 0 Å². The number of benzene rings is 1. The van der Waals surface area contributed by atoms with E-state index in [9.17, 15) is 5.11 Å². The molecule has 1 aromatic rings. The van der Waals surface area contributed by atoms with Gasteiger partial charge in [0.1, 0.15) is 0 Å². The summed E-state index contributed by atoms with van der Waals surface area (Å²) in [6, 6.07) is 8.12. The number of hydrogen-bond donors (Lipinski definition) is 1. The predicted octanol–water partition coefficient (Wildman–Crippen LogP) is 8.38. The van der Waals surface area contributed by atoms with Gasteiger partial charge in [0.2, 0.25) is 0 Å². The van der Waals surface area contributed by atoms with Gasteiger partial charge < -0.3 is 5.11 Å². The lowest BCUT2D eigenvalue weighted by molar-refractivity contribution is 0.153. The van der Waals surface area contributed by atoms with Crippen LogP contribution in [0.1, 0.15) is 64.9 Å². The van der Waals surface area contributed by atoms with E-state index in [0.717, 1.165) is 47.7 Å². The molecule has 0 radical (unpaired) electrons. The van der Waals surface area contributed by atoms with Crippen molar-refractivity contribution in [1.29, 1.82) is 0 Å². The number of halogens is 1. The van der Waals surface area contributed by atoms with Crippen molar-refractivity contribution in [2.45, 2.75) is 65.4 Å². The van der Waals surface area contributed by atoms with Gasteiger partial charge in [-0.25, -0.2) is 0 Å². The Morgan fingerprint density at radius 1 is 1.25 bits per heavy atom. The Labute approximate surface area is 221 Å². The topological polar surface area (TPSA) is 45.0 Å². The average Bonchev–Trinajstić information content (AvgIpc) is 3.56. The summed E-state index contributed by atoms with van der Waals surface area (Å²) in [4.78, 5) is 9.49. The zero-order valence-corrected chi connectivity index (χ0v) is 22.6. The highest BCUT2D eigenvalue weighted by atomic mass is 35.5. The van der Waals surface area contributed by atoms with Crippen LogP contribution in [0.25, 0.3) is 5.57 Å². The monoisotopic (exact) mass is 502 g/mol. The maximum atomic E-state index is 10.6. The summed E-state index contributed by atoms with van der Waals surface area (Å²) in [6.07, 6.45) is 15.2. The van der Waals surface area contributed by atoms with Crippen molar-refractivity contribution in [3.63, 3.8) is 0 Å². The third-order valence-electron chi connectivity index (χ3n) is 8.33. The fourth-order valence-corrected chi connectivity index (χ4v) is 5.80. The summed E-state index contributed by atoms with van der Waals surface area (Å²) in [7, 11) is 0. The SMILES string of the molecule is C=C(/N=C(/C(=C)C1(C)CC1C/C(=C\C)c1ccc(Cl)cc1)C1CC(O)CC=C1CC)C1C=NC=CC1. The number of aliphatic hydroxyl groups excluding tert-OH is 1. The number of aliphatic hydroxyl groups is 1. The van der Waals surface area contributed by atoms with Crippen LogP contribution in [0, 0.1) is 23.2 Å². The van der Waals surface area contributed by atoms with E-state index in [1.54, 1.807) is 0 Å². The Bertz CT molecular complexity index is 1150. The molecule has 2 aliphatic carbocycles. The molecule has 3 nitrogen and oxygen atoms in total. The third-order valence-corrected chi connectivity index (χ3v) is 8.58. The molecule has 0 bridgehead atoms. The van der Waals surface area contributed by atoms with Crippen LogP contribution in [0.5, 0.6) is 0 Å². The lowest BCUT2D eigenvalue weighted by Gasteiger charge is -2.32. The highest BCUT2D eigenvalue weighted by molar-refractivity contribution is 6.30. The molecule has 4 heteroatoms. The van der Waals surface area contributed by atoms with Crippen LogP contribution < -0.4 is 0 Å². The quantitative estimate of drug-likeness (QED) is 0.267. The molecule has 4 rings (SSSR count). The molecular weight excluding hydrogens is 464 g/mol. The molecule has 1 heterocycles. The summed E-state index contributed by atoms with van der Waals surface area (Å²) < 4.78 is 0. The molecule has 0 amide bonds. The summed E-state index contributed by atoms with van der Waals surface area (Å²) in [5.74, 6) is 0.671. The van der Waals surface area contributed by atoms with Gasteiger partial charge >= 0.3 is 0 Å². The average molecular weight is 503 g/mol. The van der Waals surface area contributed by atoms with Gasteiger partial charge in [0, 0.05) is 35.0 Å². The standard InChI is InChI=1S/C32H39ClN2O/c1-6-23-12-15-29(36)18-30(23)31(35-22(4)26-9-8-16-34-20-26)21(3)32(5)19-27(32)17-24(7-2)25-10-13-28(33)14-11-25/h7-8,10-14,16,20,26-27,29-30,36H,3-4,6,9,15,17-19H2,1-2,5H3/b24-7+,35-31-. The van der Waals surface area contributed by atoms with E-state index in [0.29, 0.717) is 18.8 Å². The van der Waals surface area contributed by atoms with Crippen molar-refractivity contribution in [2.75, 3.05) is 0 Å². The van der Waals surface area contributed by atoms with Gasteiger partial charge in [-0.05, 0) is 85.6 Å². The van der Waals surface area contributed by atoms with E-state index >= 15 is 0 Å². The van der Waals surface area contributed by atoms with E-state index in [-0.39, 0.29) is 23.4 Å². The Morgan fingerprint density at radius 3 is 2.64 bits per heavy atom. The second kappa shape index (κ2) is 11.3. The van der Waals surface area contributed by atoms with E-state index in [2.05, 4.69) is 69.3 Å². The predicted molar refractivity (Wildman–Crippen MR) is 154 cm³/mol. The summed E-state index contributed by atoms with van der Waals surface area (Å²) >= 11 is 6.12. The fourth-order valence-electron chi connectivity index (χ4n) is 5.67. The van der Waals surface area contributed by atoms with Crippen LogP contribution in [0.3, 0.4) is 0 Å². The first-order valence-electron chi connectivity index (χ1n) is 13.2. The second-order valence-electron chi connectivity index (χ2n) is 10.6. The Balaban J connectivity index is 1.60. The van der Waals surface area contributed by atoms with Crippen molar-refractivity contribution in [3.8, 4) is 0 Å². The largest absolute Gasteiger partial charge is 0.393 e. The van der Waals surface area contributed by atoms with Gasteiger partial charge in [-0.3, -0.25) is 9.98 Å². The van der Waals surface area contributed by atoms with Crippen LogP contribution in [-0.4, -0.2) is 23.1 Å². The van der Waals surface area contributed by atoms with Crippen LogP contribution in [-0.2, 0) is 0 Å². The van der Waals surface area contributed by atoms with E-state index < -0.39 is 0 Å². The molecule has 1 aromatic carbocycles. The summed E-state index contributed by atoms with van der Waals surface area (Å²) in [5, 5.41) is 11.3. The molecule has 1 aliphatic heterocycles. The van der Waals surface area contributed by atoms with Crippen molar-refractivity contribution >= 4 is 29.1 Å². The number of nitrogens with zero attached hydrogens (tertiary/aromatic N) is 2. The fraction of sp³-hybridized carbons (Fsp3) is 0.438. The molecule has 5 unspecified atom stereocenters. The third kappa shape index (κ3) is 5.74. The van der Waals surface area contributed by atoms with Gasteiger partial charge in [0.15, 0.2) is 0 Å². The number of hydrogen-bond acceptors (Lipinski definition) is 3. The van der Waals surface area contributed by atoms with Crippen molar-refractivity contribution in [3.05, 3.63) is 89.3 Å². The Morgan fingerprint density at radius 2 is 2.00 bits per heavy atom. The highest BCUT2D eigenvalue weighted by Gasteiger charge is 2.53. The van der Waals surface area contributed by atoms with Crippen molar-refractivity contribution in [2.24, 2.45) is 33.2 Å². The maximum Gasteiger partial charge on any atom is 0.0584 e. The molecule has 0 saturated heterocycles. The molecule has 0 aromatic heterocycles. The molecule has 1 fully saturated rings. The molecule has 36 heavy (non-hydrogen) atoms. The zero-order valence-electron chi connectivity index (χ0n) is 21.9. The van der Waals surface area contributed by atoms with Crippen LogP contribution in [0.15, 0.2) is 88.7 Å². The smallest absolute Gasteiger partial charge is 0.0584 e. The van der Waals surface area contributed by atoms with Gasteiger partial charge in [-0.1, -0.05) is 74.5 Å². The summed E-state index contributed by atoms with van der Waals surface area (Å²) in [6.45, 7) is 15.6. The highest BCUT2D eigenvalue weighted by Crippen LogP contribution is 2.61. The van der Waals surface area contributed by atoms with Gasteiger partial charge in [-0.15, -0.1) is 0 Å². The van der Waals surface area contributed by atoms with E-state index in [4.69, 9.17) is 16.6 Å². The molecule has 1 N–H and O–H groups in total. The number of aliphatic imine (C=N–C) groups is 2. The second-order valence-corrected chi connectivity index (χ2v) is 11.1. The Kier molecular flexibility index (Phi) is 8.32. The minimum Gasteiger partial charge on any atom is -0.393 e. The lowest BCUT2D eigenvalue weighted by Crippen LogP contribution is -2.30. The first-order valence-corrected chi connectivity index (χ1v) is 13.6. The number of allylic oxidation sites excluding steroid dienone is 6. The Hall–Kier alpha value is -2.49. The zero-order chi connectivity index (χ0) is 25.9. The number of rotatable bonds is 9. The van der Waals surface area contributed by atoms with Crippen LogP contribution >= 0.6 is 11.6 Å². The molecule has 3 aliphatic rings. The van der Waals surface area contributed by atoms with Crippen molar-refractivity contribution in [1.82, 2.24) is 0 Å². The first-order chi connectivity index (χ1) is 17.3. The minimum absolute atomic E-state index is 0.0262. The lowest BCUT2D eigenvalue weighted by atomic mass is 9.76. The maximum absolute atomic E-state index is 10.6. The van der Waals surface area contributed by atoms with Gasteiger partial charge in [0.05, 0.1) is 11.8 Å². The first kappa shape index (κ1) is 26.6. The normalized spacial score (nSPS) is 30.2. The molecule has 190 valence electrons. The van der Waals surface area contributed by atoms with E-state index in [1.807, 2.05) is 24.5 Å². The molecule has 5 atom stereocenters. The molecule has 1 saturated carbocycles. The van der Waals surface area contributed by atoms with E-state index in [1.165, 1.54) is 16.7 Å².